The van der Waals surface area contributed by atoms with Crippen molar-refractivity contribution < 1.29 is 0 Å². The molecule has 1 saturated carbocycles. The molecule has 102 valence electrons. The van der Waals surface area contributed by atoms with E-state index in [1.165, 1.54) is 45.2 Å². The molecule has 0 amide bonds. The van der Waals surface area contributed by atoms with E-state index in [2.05, 4.69) is 36.3 Å². The van der Waals surface area contributed by atoms with Gasteiger partial charge in [-0.05, 0) is 46.4 Å². The molecule has 3 heteroatoms. The number of hydrogen-bond acceptors (Lipinski definition) is 3. The first-order valence-corrected chi connectivity index (χ1v) is 7.22. The normalized spacial score (nSPS) is 18.2. The molecular weight excluding hydrogens is 210 g/mol. The van der Waals surface area contributed by atoms with Crippen LogP contribution in [0.4, 0.5) is 0 Å². The molecule has 0 saturated heterocycles. The quantitative estimate of drug-likeness (QED) is 0.652. The van der Waals surface area contributed by atoms with Crippen LogP contribution >= 0.6 is 0 Å². The maximum atomic E-state index is 3.62. The van der Waals surface area contributed by atoms with Crippen LogP contribution < -0.4 is 5.32 Å². The lowest BCUT2D eigenvalue weighted by atomic mass is 9.89. The van der Waals surface area contributed by atoms with Crippen LogP contribution in [0.1, 0.15) is 32.1 Å². The Morgan fingerprint density at radius 1 is 0.941 bits per heavy atom. The van der Waals surface area contributed by atoms with Gasteiger partial charge in [0, 0.05) is 26.2 Å². The minimum atomic E-state index is 0.954. The van der Waals surface area contributed by atoms with Crippen LogP contribution in [0.5, 0.6) is 0 Å². The van der Waals surface area contributed by atoms with E-state index in [1.54, 1.807) is 0 Å². The highest BCUT2D eigenvalue weighted by atomic mass is 15.2. The molecule has 17 heavy (non-hydrogen) atoms. The molecule has 1 fully saturated rings. The van der Waals surface area contributed by atoms with Crippen molar-refractivity contribution in [2.24, 2.45) is 5.92 Å². The first-order valence-electron chi connectivity index (χ1n) is 7.22. The molecule has 0 unspecified atom stereocenters. The van der Waals surface area contributed by atoms with Gasteiger partial charge in [-0.3, -0.25) is 0 Å². The van der Waals surface area contributed by atoms with Crippen LogP contribution in [-0.4, -0.2) is 63.7 Å². The van der Waals surface area contributed by atoms with Crippen LogP contribution in [0.25, 0.3) is 0 Å². The Labute approximate surface area is 108 Å². The topological polar surface area (TPSA) is 18.5 Å². The van der Waals surface area contributed by atoms with Crippen LogP contribution in [0.2, 0.25) is 0 Å². The van der Waals surface area contributed by atoms with E-state index in [-0.39, 0.29) is 0 Å². The van der Waals surface area contributed by atoms with Crippen LogP contribution in [0.3, 0.4) is 0 Å². The maximum Gasteiger partial charge on any atom is 0.0107 e. The third kappa shape index (κ3) is 7.74. The van der Waals surface area contributed by atoms with E-state index in [4.69, 9.17) is 0 Å². The second-order valence-electron chi connectivity index (χ2n) is 5.81. The van der Waals surface area contributed by atoms with Crippen LogP contribution in [0.15, 0.2) is 0 Å². The van der Waals surface area contributed by atoms with Gasteiger partial charge in [0.2, 0.25) is 0 Å². The molecule has 0 aliphatic heterocycles. The van der Waals surface area contributed by atoms with Crippen LogP contribution in [0, 0.1) is 5.92 Å². The van der Waals surface area contributed by atoms with Crippen molar-refractivity contribution in [3.8, 4) is 0 Å². The van der Waals surface area contributed by atoms with Gasteiger partial charge in [0.1, 0.15) is 0 Å². The lowest BCUT2D eigenvalue weighted by Gasteiger charge is -2.23. The van der Waals surface area contributed by atoms with Gasteiger partial charge in [0.05, 0.1) is 0 Å². The van der Waals surface area contributed by atoms with E-state index in [9.17, 15) is 0 Å². The maximum absolute atomic E-state index is 3.62. The highest BCUT2D eigenvalue weighted by Gasteiger charge is 2.12. The molecule has 1 rings (SSSR count). The summed E-state index contributed by atoms with van der Waals surface area (Å²) < 4.78 is 0. The molecule has 0 spiro atoms. The first-order chi connectivity index (χ1) is 8.18. The van der Waals surface area contributed by atoms with Gasteiger partial charge in [-0.25, -0.2) is 0 Å². The third-order valence-electron chi connectivity index (χ3n) is 3.76. The summed E-state index contributed by atoms with van der Waals surface area (Å²) in [6.45, 7) is 5.86. The molecule has 0 aromatic heterocycles. The predicted molar refractivity (Wildman–Crippen MR) is 75.5 cm³/mol. The Bertz CT molecular complexity index is 176. The molecule has 0 radical (unpaired) electrons. The van der Waals surface area contributed by atoms with Gasteiger partial charge in [-0.2, -0.15) is 0 Å². The second-order valence-corrected chi connectivity index (χ2v) is 5.81. The van der Waals surface area contributed by atoms with Crippen molar-refractivity contribution in [1.29, 1.82) is 0 Å². The number of likely N-dealkylation sites (N-methyl/N-ethyl adjacent to an activating group) is 2. The minimum absolute atomic E-state index is 0.954. The van der Waals surface area contributed by atoms with Crippen molar-refractivity contribution in [2.75, 3.05) is 53.9 Å². The molecule has 3 nitrogen and oxygen atoms in total. The summed E-state index contributed by atoms with van der Waals surface area (Å²) >= 11 is 0. The van der Waals surface area contributed by atoms with Crippen molar-refractivity contribution >= 4 is 0 Å². The average molecular weight is 241 g/mol. The average Bonchev–Trinajstić information content (AvgIpc) is 2.33. The summed E-state index contributed by atoms with van der Waals surface area (Å²) in [5.41, 5.74) is 0. The summed E-state index contributed by atoms with van der Waals surface area (Å²) in [5, 5.41) is 3.62. The number of hydrogen-bond donors (Lipinski definition) is 1. The van der Waals surface area contributed by atoms with Gasteiger partial charge in [0.25, 0.3) is 0 Å². The zero-order chi connectivity index (χ0) is 12.5. The number of nitrogens with zero attached hydrogens (tertiary/aromatic N) is 2. The van der Waals surface area contributed by atoms with Gasteiger partial charge in [-0.1, -0.05) is 19.3 Å². The highest BCUT2D eigenvalue weighted by Crippen LogP contribution is 2.22. The Kier molecular flexibility index (Phi) is 7.82. The fraction of sp³-hybridized carbons (Fsp3) is 1.00. The van der Waals surface area contributed by atoms with Gasteiger partial charge in [-0.15, -0.1) is 0 Å². The summed E-state index contributed by atoms with van der Waals surface area (Å²) in [4.78, 5) is 4.65. The van der Waals surface area contributed by atoms with E-state index in [1.807, 2.05) is 0 Å². The van der Waals surface area contributed by atoms with E-state index >= 15 is 0 Å². The highest BCUT2D eigenvalue weighted by molar-refractivity contribution is 4.68. The Morgan fingerprint density at radius 3 is 2.29 bits per heavy atom. The first kappa shape index (κ1) is 14.9. The molecule has 0 heterocycles. The van der Waals surface area contributed by atoms with Crippen molar-refractivity contribution in [2.45, 2.75) is 32.1 Å². The molecule has 1 aliphatic rings. The largest absolute Gasteiger partial charge is 0.315 e. The summed E-state index contributed by atoms with van der Waals surface area (Å²) in [6, 6.07) is 0. The molecular formula is C14H31N3. The fourth-order valence-electron chi connectivity index (χ4n) is 2.45. The SMILES string of the molecule is CN(C)CCN(C)CCNCC1CCCCC1. The summed E-state index contributed by atoms with van der Waals surface area (Å²) in [7, 11) is 6.48. The molecule has 1 aliphatic carbocycles. The van der Waals surface area contributed by atoms with E-state index in [0.29, 0.717) is 0 Å². The standard InChI is InChI=1S/C14H31N3/c1-16(2)11-12-17(3)10-9-15-13-14-7-5-4-6-8-14/h14-15H,4-13H2,1-3H3. The molecule has 1 N–H and O–H groups in total. The van der Waals surface area contributed by atoms with Gasteiger partial charge in [0.15, 0.2) is 0 Å². The predicted octanol–water partition coefficient (Wildman–Crippen LogP) is 1.65. The molecule has 0 atom stereocenters. The third-order valence-corrected chi connectivity index (χ3v) is 3.76. The Morgan fingerprint density at radius 2 is 1.65 bits per heavy atom. The number of rotatable bonds is 8. The smallest absolute Gasteiger partial charge is 0.0107 e. The number of nitrogens with one attached hydrogen (secondary N) is 1. The van der Waals surface area contributed by atoms with Crippen molar-refractivity contribution in [1.82, 2.24) is 15.1 Å². The summed E-state index contributed by atoms with van der Waals surface area (Å²) in [5.74, 6) is 0.954. The molecule has 0 aromatic carbocycles. The monoisotopic (exact) mass is 241 g/mol. The van der Waals surface area contributed by atoms with Crippen molar-refractivity contribution in [3.63, 3.8) is 0 Å². The van der Waals surface area contributed by atoms with E-state index < -0.39 is 0 Å². The van der Waals surface area contributed by atoms with Gasteiger partial charge >= 0.3 is 0 Å². The lowest BCUT2D eigenvalue weighted by molar-refractivity contribution is 0.275. The Balaban J connectivity index is 1.92. The molecule has 0 aromatic rings. The minimum Gasteiger partial charge on any atom is -0.315 e. The zero-order valence-corrected chi connectivity index (χ0v) is 12.0. The van der Waals surface area contributed by atoms with Crippen molar-refractivity contribution in [3.05, 3.63) is 0 Å². The van der Waals surface area contributed by atoms with Crippen LogP contribution in [-0.2, 0) is 0 Å². The Hall–Kier alpha value is -0.120. The summed E-state index contributed by atoms with van der Waals surface area (Å²) in [6.07, 6.45) is 7.26. The lowest BCUT2D eigenvalue weighted by Crippen LogP contribution is -2.35. The van der Waals surface area contributed by atoms with Gasteiger partial charge < -0.3 is 15.1 Å². The fourth-order valence-corrected chi connectivity index (χ4v) is 2.45. The zero-order valence-electron chi connectivity index (χ0n) is 12.0. The van der Waals surface area contributed by atoms with E-state index in [0.717, 1.165) is 25.6 Å². The second kappa shape index (κ2) is 8.90. The molecule has 0 bridgehead atoms.